The molecule has 210 valence electrons. The van der Waals surface area contributed by atoms with Crippen molar-refractivity contribution >= 4 is 23.5 Å². The van der Waals surface area contributed by atoms with E-state index in [1.165, 1.54) is 39.8 Å². The van der Waals surface area contributed by atoms with Crippen LogP contribution in [0.5, 0.6) is 0 Å². The summed E-state index contributed by atoms with van der Waals surface area (Å²) in [7, 11) is 0. The molecule has 8 atom stereocenters. The molecule has 39 heavy (non-hydrogen) atoms. The van der Waals surface area contributed by atoms with Gasteiger partial charge in [0.1, 0.15) is 24.0 Å². The lowest BCUT2D eigenvalue weighted by molar-refractivity contribution is -0.339. The molecule has 0 aromatic heterocycles. The number of Topliss-reactive ketones (excluding diaryl/α,β-unsaturated/α-hetero) is 2. The van der Waals surface area contributed by atoms with Crippen molar-refractivity contribution in [3.05, 3.63) is 47.0 Å². The van der Waals surface area contributed by atoms with Crippen LogP contribution in [0.4, 0.5) is 8.78 Å². The average Bonchev–Trinajstić information content (AvgIpc) is 2.87. The number of aliphatic hydroxyl groups is 1. The summed E-state index contributed by atoms with van der Waals surface area (Å²) < 4.78 is 49.9. The maximum atomic E-state index is 16.4. The molecule has 2 saturated carbocycles. The van der Waals surface area contributed by atoms with Crippen molar-refractivity contribution in [3.8, 4) is 0 Å². The zero-order valence-corrected chi connectivity index (χ0v) is 22.5. The van der Waals surface area contributed by atoms with Gasteiger partial charge in [-0.3, -0.25) is 14.4 Å². The zero-order chi connectivity index (χ0) is 28.7. The Morgan fingerprint density at radius 3 is 2.31 bits per heavy atom. The molecule has 2 bridgehead atoms. The van der Waals surface area contributed by atoms with Gasteiger partial charge in [0.05, 0.1) is 23.5 Å². The second kappa shape index (κ2) is 8.76. The normalized spacial score (nSPS) is 40.9. The fourth-order valence-electron chi connectivity index (χ4n) is 7.38. The van der Waals surface area contributed by atoms with Crippen LogP contribution in [0.25, 0.3) is 0 Å². The molecule has 1 aliphatic heterocycles. The van der Waals surface area contributed by atoms with Gasteiger partial charge >= 0.3 is 11.9 Å². The molecular formula is C29H32F2O8. The lowest BCUT2D eigenvalue weighted by atomic mass is 9.45. The standard InChI is InChI=1S/C29H32F2O8/c1-14-17(33)12-29(36)24(38-25(35)16-9-7-6-8-10-16)22-27(5,23(34)21(31)20(14)26(29,3)4)18(30)11-19-28(22,13-37-19)39-15(2)32/h6-10,18-19,21-22,24,36H,11-13H2,1-5H3/t18-,19-,21+,22+,24+,27-,28+,29-/m1/s1. The van der Waals surface area contributed by atoms with E-state index in [4.69, 9.17) is 14.2 Å². The van der Waals surface area contributed by atoms with Crippen LogP contribution in [-0.2, 0) is 28.6 Å². The summed E-state index contributed by atoms with van der Waals surface area (Å²) in [4.78, 5) is 53.1. The minimum Gasteiger partial charge on any atom is -0.455 e. The molecule has 0 amide bonds. The van der Waals surface area contributed by atoms with E-state index in [2.05, 4.69) is 0 Å². The number of alkyl halides is 2. The Labute approximate surface area is 224 Å². The third kappa shape index (κ3) is 3.53. The molecule has 3 fully saturated rings. The number of ketones is 2. The molecule has 0 unspecified atom stereocenters. The van der Waals surface area contributed by atoms with Crippen LogP contribution >= 0.6 is 0 Å². The van der Waals surface area contributed by atoms with E-state index >= 15 is 8.78 Å². The van der Waals surface area contributed by atoms with Gasteiger partial charge in [0, 0.05) is 25.2 Å². The number of allylic oxidation sites excluding steroid dienone is 1. The van der Waals surface area contributed by atoms with Gasteiger partial charge < -0.3 is 19.3 Å². The minimum atomic E-state index is -2.43. The first-order valence-electron chi connectivity index (χ1n) is 13.0. The Bertz CT molecular complexity index is 1290. The fraction of sp³-hybridized carbons (Fsp3) is 0.586. The Morgan fingerprint density at radius 1 is 1.10 bits per heavy atom. The largest absolute Gasteiger partial charge is 0.455 e. The van der Waals surface area contributed by atoms with Gasteiger partial charge in [-0.1, -0.05) is 32.0 Å². The van der Waals surface area contributed by atoms with Gasteiger partial charge in [-0.05, 0) is 37.1 Å². The van der Waals surface area contributed by atoms with E-state index < -0.39 is 82.4 Å². The van der Waals surface area contributed by atoms with Crippen molar-refractivity contribution in [2.24, 2.45) is 16.7 Å². The van der Waals surface area contributed by atoms with Crippen LogP contribution in [0.2, 0.25) is 0 Å². The molecule has 1 aromatic rings. The summed E-state index contributed by atoms with van der Waals surface area (Å²) in [6, 6.07) is 7.81. The topological polar surface area (TPSA) is 116 Å². The first-order chi connectivity index (χ1) is 18.1. The number of carbonyl (C=O) groups is 4. The molecule has 0 radical (unpaired) electrons. The van der Waals surface area contributed by atoms with Crippen molar-refractivity contribution in [2.45, 2.75) is 83.2 Å². The Morgan fingerprint density at radius 2 is 1.74 bits per heavy atom. The van der Waals surface area contributed by atoms with E-state index in [-0.39, 0.29) is 29.7 Å². The van der Waals surface area contributed by atoms with Crippen molar-refractivity contribution in [1.29, 1.82) is 0 Å². The maximum Gasteiger partial charge on any atom is 0.338 e. The molecule has 0 spiro atoms. The van der Waals surface area contributed by atoms with Crippen LogP contribution in [0.1, 0.15) is 57.8 Å². The van der Waals surface area contributed by atoms with E-state index in [0.717, 1.165) is 6.92 Å². The number of carbonyl (C=O) groups excluding carboxylic acids is 4. The van der Waals surface area contributed by atoms with E-state index in [0.29, 0.717) is 0 Å². The van der Waals surface area contributed by atoms with Crippen molar-refractivity contribution in [1.82, 2.24) is 0 Å². The smallest absolute Gasteiger partial charge is 0.338 e. The SMILES string of the molecule is CC(=O)O[C@@]12CO[C@@H]1C[C@@H](F)[C@@]1(C)C(=O)[C@@H](F)C3=C(C)C(=O)C[C@@](O)([C@@H](OC(=O)c4ccccc4)[C@H]21)C3(C)C. The fourth-order valence-corrected chi connectivity index (χ4v) is 7.38. The molecule has 1 heterocycles. The summed E-state index contributed by atoms with van der Waals surface area (Å²) in [5.41, 5.74) is -8.06. The van der Waals surface area contributed by atoms with Crippen LogP contribution < -0.4 is 0 Å². The summed E-state index contributed by atoms with van der Waals surface area (Å²) in [5, 5.41) is 12.5. The molecule has 5 rings (SSSR count). The van der Waals surface area contributed by atoms with Crippen LogP contribution in [0.3, 0.4) is 0 Å². The molecule has 1 N–H and O–H groups in total. The lowest BCUT2D eigenvalue weighted by Crippen LogP contribution is -2.81. The Hall–Kier alpha value is -2.98. The molecular weight excluding hydrogens is 514 g/mol. The van der Waals surface area contributed by atoms with Crippen LogP contribution in [-0.4, -0.2) is 71.0 Å². The molecule has 8 nitrogen and oxygen atoms in total. The van der Waals surface area contributed by atoms with Crippen LogP contribution in [0.15, 0.2) is 41.5 Å². The Balaban J connectivity index is 1.82. The number of ether oxygens (including phenoxy) is 3. The lowest BCUT2D eigenvalue weighted by Gasteiger charge is -2.66. The second-order valence-corrected chi connectivity index (χ2v) is 11.9. The maximum absolute atomic E-state index is 16.4. The number of hydrogen-bond acceptors (Lipinski definition) is 8. The first kappa shape index (κ1) is 27.6. The highest BCUT2D eigenvalue weighted by Crippen LogP contribution is 2.64. The van der Waals surface area contributed by atoms with E-state index in [9.17, 15) is 24.3 Å². The second-order valence-electron chi connectivity index (χ2n) is 11.9. The number of rotatable bonds is 3. The number of esters is 2. The van der Waals surface area contributed by atoms with Gasteiger partial charge in [0.15, 0.2) is 23.3 Å². The van der Waals surface area contributed by atoms with E-state index in [1.54, 1.807) is 18.2 Å². The number of fused-ring (bicyclic) bond motifs is 5. The first-order valence-corrected chi connectivity index (χ1v) is 13.0. The van der Waals surface area contributed by atoms with Gasteiger partial charge in [-0.2, -0.15) is 0 Å². The summed E-state index contributed by atoms with van der Waals surface area (Å²) in [5.74, 6) is -5.07. The van der Waals surface area contributed by atoms with Crippen molar-refractivity contribution in [2.75, 3.05) is 6.61 Å². The van der Waals surface area contributed by atoms with Crippen LogP contribution in [0, 0.1) is 16.7 Å². The highest BCUT2D eigenvalue weighted by atomic mass is 19.1. The summed E-state index contributed by atoms with van der Waals surface area (Å²) in [6.07, 6.45) is -8.20. The summed E-state index contributed by atoms with van der Waals surface area (Å²) in [6.45, 7) is 6.36. The predicted molar refractivity (Wildman–Crippen MR) is 132 cm³/mol. The molecule has 1 saturated heterocycles. The summed E-state index contributed by atoms with van der Waals surface area (Å²) >= 11 is 0. The van der Waals surface area contributed by atoms with Gasteiger partial charge in [0.25, 0.3) is 0 Å². The van der Waals surface area contributed by atoms with Crippen molar-refractivity contribution in [3.63, 3.8) is 0 Å². The highest BCUT2D eigenvalue weighted by Gasteiger charge is 2.78. The Kier molecular flexibility index (Phi) is 6.20. The molecule has 10 heteroatoms. The number of halogens is 2. The van der Waals surface area contributed by atoms with Gasteiger partial charge in [-0.25, -0.2) is 13.6 Å². The quantitative estimate of drug-likeness (QED) is 0.575. The van der Waals surface area contributed by atoms with Gasteiger partial charge in [-0.15, -0.1) is 0 Å². The molecule has 3 aliphatic carbocycles. The molecule has 4 aliphatic rings. The van der Waals surface area contributed by atoms with Gasteiger partial charge in [0.2, 0.25) is 0 Å². The third-order valence-electron chi connectivity index (χ3n) is 9.67. The predicted octanol–water partition coefficient (Wildman–Crippen LogP) is 3.24. The average molecular weight is 547 g/mol. The van der Waals surface area contributed by atoms with E-state index in [1.807, 2.05) is 0 Å². The van der Waals surface area contributed by atoms with Crippen molar-refractivity contribution < 1.29 is 47.3 Å². The number of hydrogen-bond donors (Lipinski definition) is 1. The highest BCUT2D eigenvalue weighted by molar-refractivity contribution is 6.02. The zero-order valence-electron chi connectivity index (χ0n) is 22.5. The molecule has 1 aromatic carbocycles. The monoisotopic (exact) mass is 546 g/mol. The third-order valence-corrected chi connectivity index (χ3v) is 9.67. The minimum absolute atomic E-state index is 0.0357. The number of benzene rings is 1.